The molecule has 3 aromatic heterocycles. The van der Waals surface area contributed by atoms with Crippen molar-refractivity contribution >= 4 is 23.2 Å². The highest BCUT2D eigenvalue weighted by Crippen LogP contribution is 2.97. The van der Waals surface area contributed by atoms with Crippen molar-refractivity contribution in [1.29, 1.82) is 0 Å². The molecule has 202 valence electrons. The van der Waals surface area contributed by atoms with Crippen LogP contribution < -0.4 is 5.73 Å². The third-order valence-electron chi connectivity index (χ3n) is 9.87. The van der Waals surface area contributed by atoms with E-state index in [1.165, 1.54) is 41.9 Å². The molecule has 5 aliphatic rings. The Morgan fingerprint density at radius 3 is 2.40 bits per heavy atom. The van der Waals surface area contributed by atoms with Crippen LogP contribution in [0.15, 0.2) is 42.7 Å². The number of anilines is 1. The van der Waals surface area contributed by atoms with Crippen molar-refractivity contribution in [2.75, 3.05) is 12.3 Å². The van der Waals surface area contributed by atoms with Crippen LogP contribution in [0.5, 0.6) is 0 Å². The number of ketones is 1. The predicted octanol–water partition coefficient (Wildman–Crippen LogP) is 3.50. The molecule has 3 aliphatic carbocycles. The van der Waals surface area contributed by atoms with Crippen LogP contribution >= 0.6 is 0 Å². The molecule has 5 fully saturated rings. The molecule has 40 heavy (non-hydrogen) atoms. The van der Waals surface area contributed by atoms with Crippen molar-refractivity contribution in [3.63, 3.8) is 0 Å². The molecule has 1 aromatic carbocycles. The highest BCUT2D eigenvalue weighted by Gasteiger charge is 3.03. The Morgan fingerprint density at radius 1 is 1.10 bits per heavy atom. The first-order valence-electron chi connectivity index (χ1n) is 13.2. The minimum atomic E-state index is -0.703. The van der Waals surface area contributed by atoms with Gasteiger partial charge in [0.2, 0.25) is 5.91 Å². The number of hydrogen-bond acceptors (Lipinski definition) is 7. The molecule has 11 heteroatoms. The number of amides is 1. The van der Waals surface area contributed by atoms with Gasteiger partial charge in [-0.1, -0.05) is 12.1 Å². The van der Waals surface area contributed by atoms with E-state index in [1.54, 1.807) is 12.3 Å². The average Bonchev–Trinajstić information content (AvgIpc) is 3.60. The number of rotatable bonds is 5. The third-order valence-corrected chi connectivity index (χ3v) is 9.87. The van der Waals surface area contributed by atoms with Gasteiger partial charge in [0.15, 0.2) is 11.4 Å². The predicted molar refractivity (Wildman–Crippen MR) is 139 cm³/mol. The van der Waals surface area contributed by atoms with E-state index in [2.05, 4.69) is 10.1 Å². The van der Waals surface area contributed by atoms with Crippen LogP contribution in [0.1, 0.15) is 54.6 Å². The van der Waals surface area contributed by atoms with E-state index in [0.717, 1.165) is 12.8 Å². The number of nitrogen functional groups attached to an aromatic ring is 1. The van der Waals surface area contributed by atoms with Crippen molar-refractivity contribution in [3.05, 3.63) is 65.6 Å². The largest absolute Gasteiger partial charge is 0.387 e. The maximum Gasteiger partial charge on any atom is 0.249 e. The van der Waals surface area contributed by atoms with E-state index >= 15 is 0 Å². The summed E-state index contributed by atoms with van der Waals surface area (Å²) in [5, 5.41) is 13.9. The third kappa shape index (κ3) is 2.57. The molecule has 2 saturated heterocycles. The highest BCUT2D eigenvalue weighted by molar-refractivity contribution is 6.00. The van der Waals surface area contributed by atoms with Gasteiger partial charge in [-0.05, 0) is 50.8 Å². The molecule has 2 bridgehead atoms. The highest BCUT2D eigenvalue weighted by atomic mass is 19.1. The number of piperidine rings is 2. The molecule has 2 aliphatic heterocycles. The van der Waals surface area contributed by atoms with Gasteiger partial charge in [0.05, 0.1) is 39.8 Å². The zero-order valence-electron chi connectivity index (χ0n) is 21.5. The minimum Gasteiger partial charge on any atom is -0.387 e. The zero-order valence-corrected chi connectivity index (χ0v) is 21.5. The number of benzene rings is 1. The van der Waals surface area contributed by atoms with Crippen LogP contribution in [-0.4, -0.2) is 59.0 Å². The van der Waals surface area contributed by atoms with Gasteiger partial charge >= 0.3 is 0 Å². The Labute approximate surface area is 226 Å². The fraction of sp³-hybridized carbons (Fsp3) is 0.345. The van der Waals surface area contributed by atoms with Crippen LogP contribution in [0.2, 0.25) is 0 Å². The smallest absolute Gasteiger partial charge is 0.249 e. The number of carbonyl (C=O) groups excluding carboxylic acids is 2. The van der Waals surface area contributed by atoms with Gasteiger partial charge in [-0.3, -0.25) is 14.6 Å². The van der Waals surface area contributed by atoms with E-state index in [4.69, 9.17) is 10.7 Å². The fourth-order valence-corrected chi connectivity index (χ4v) is 8.36. The van der Waals surface area contributed by atoms with Crippen LogP contribution in [0.25, 0.3) is 28.0 Å². The maximum absolute atomic E-state index is 14.3. The summed E-state index contributed by atoms with van der Waals surface area (Å²) in [5.41, 5.74) is 8.71. The van der Waals surface area contributed by atoms with Gasteiger partial charge in [0, 0.05) is 28.7 Å². The molecule has 4 atom stereocenters. The lowest BCUT2D eigenvalue weighted by atomic mass is 9.71. The fourth-order valence-electron chi connectivity index (χ4n) is 8.36. The summed E-state index contributed by atoms with van der Waals surface area (Å²) in [4.78, 5) is 36.6. The summed E-state index contributed by atoms with van der Waals surface area (Å²) in [5.74, 6) is -1.75. The Balaban J connectivity index is 1.21. The van der Waals surface area contributed by atoms with Gasteiger partial charge in [0.1, 0.15) is 24.1 Å². The number of aliphatic hydroxyl groups excluding tert-OH is 1. The maximum atomic E-state index is 14.3. The summed E-state index contributed by atoms with van der Waals surface area (Å²) in [6.07, 6.45) is 6.26. The summed E-state index contributed by atoms with van der Waals surface area (Å²) in [6, 6.07) is 6.89. The van der Waals surface area contributed by atoms with Gasteiger partial charge in [0.25, 0.3) is 0 Å². The molecular weight excluding hydrogens is 518 g/mol. The second-order valence-corrected chi connectivity index (χ2v) is 11.6. The monoisotopic (exact) mass is 542 g/mol. The normalized spacial score (nSPS) is 29.0. The lowest BCUT2D eigenvalue weighted by Gasteiger charge is -2.55. The van der Waals surface area contributed by atoms with Crippen LogP contribution in [0, 0.1) is 17.0 Å². The van der Waals surface area contributed by atoms with Gasteiger partial charge in [-0.15, -0.1) is 0 Å². The Kier molecular flexibility index (Phi) is 4.30. The van der Waals surface area contributed by atoms with Crippen molar-refractivity contribution < 1.29 is 23.5 Å². The second-order valence-electron chi connectivity index (χ2n) is 11.6. The Bertz CT molecular complexity index is 1770. The van der Waals surface area contributed by atoms with Gasteiger partial charge in [-0.25, -0.2) is 13.8 Å². The van der Waals surface area contributed by atoms with Crippen LogP contribution in [-0.2, 0) is 4.79 Å². The van der Waals surface area contributed by atoms with Crippen molar-refractivity contribution in [2.45, 2.75) is 49.6 Å². The van der Waals surface area contributed by atoms with Crippen molar-refractivity contribution in [2.24, 2.45) is 5.41 Å². The first-order chi connectivity index (χ1) is 19.2. The van der Waals surface area contributed by atoms with Crippen LogP contribution in [0.3, 0.4) is 0 Å². The summed E-state index contributed by atoms with van der Waals surface area (Å²) >= 11 is 0. The first-order valence-corrected chi connectivity index (χ1v) is 13.2. The standard InChI is InChI=1S/C29H24F2N6O3/c1-14(39)22-24(16-7-28-12-27(28)13-29(27,8-16)37(28)21(40)11-38)35-26-17(10-34-36(26)25(22)32)15-5-6-20(33-9-15)23-18(30)3-2-4-19(23)31/h2-6,9-10,16,38H,7-8,11-13,32H2,1H3/t16?,27?,28-,29?/m0/s1. The van der Waals surface area contributed by atoms with Gasteiger partial charge < -0.3 is 15.7 Å². The SMILES string of the molecule is CC(=O)c1c(C2CC34CC35C[C@]5(C2)N4C(=O)CO)nc2c(-c3ccc(-c4c(F)cccc4F)nc3)cnn2c1N. The lowest BCUT2D eigenvalue weighted by molar-refractivity contribution is -0.156. The van der Waals surface area contributed by atoms with Crippen molar-refractivity contribution in [3.8, 4) is 22.4 Å². The molecule has 1 amide bonds. The number of fused-ring (bicyclic) bond motifs is 3. The van der Waals surface area contributed by atoms with Gasteiger partial charge in [-0.2, -0.15) is 9.61 Å². The zero-order chi connectivity index (χ0) is 27.8. The van der Waals surface area contributed by atoms with E-state index in [1.807, 2.05) is 4.90 Å². The van der Waals surface area contributed by atoms with Crippen molar-refractivity contribution in [1.82, 2.24) is 24.5 Å². The molecule has 3 saturated carbocycles. The topological polar surface area (TPSA) is 127 Å². The lowest BCUT2D eigenvalue weighted by Crippen LogP contribution is -2.65. The number of carbonyl (C=O) groups is 2. The molecule has 3 N–H and O–H groups in total. The summed E-state index contributed by atoms with van der Waals surface area (Å²) in [6.45, 7) is 0.952. The van der Waals surface area contributed by atoms with Crippen LogP contribution in [0.4, 0.5) is 14.6 Å². The van der Waals surface area contributed by atoms with E-state index < -0.39 is 18.2 Å². The Hall–Kier alpha value is -4.25. The second kappa shape index (κ2) is 7.28. The summed E-state index contributed by atoms with van der Waals surface area (Å²) in [7, 11) is 0. The Morgan fingerprint density at radius 2 is 1.80 bits per heavy atom. The van der Waals surface area contributed by atoms with E-state index in [0.29, 0.717) is 40.9 Å². The molecule has 9 rings (SSSR count). The molecule has 4 aromatic rings. The number of nitrogens with zero attached hydrogens (tertiary/aromatic N) is 5. The molecule has 3 unspecified atom stereocenters. The quantitative estimate of drug-likeness (QED) is 0.370. The number of nitrogens with two attached hydrogens (primary N) is 1. The molecule has 9 nitrogen and oxygen atoms in total. The average molecular weight is 543 g/mol. The number of aromatic nitrogens is 4. The number of Topliss-reactive ketones (excluding diaryl/α,β-unsaturated/α-hetero) is 1. The number of hydrogen-bond donors (Lipinski definition) is 2. The summed E-state index contributed by atoms with van der Waals surface area (Å²) < 4.78 is 30.0. The number of aliphatic hydroxyl groups is 1. The first kappa shape index (κ1) is 23.6. The minimum absolute atomic E-state index is 0.0839. The molecule has 5 heterocycles. The van der Waals surface area contributed by atoms with E-state index in [-0.39, 0.29) is 51.2 Å². The number of pyridine rings is 1. The number of halogens is 2. The van der Waals surface area contributed by atoms with E-state index in [9.17, 15) is 23.5 Å². The molecular formula is C29H24F2N6O3. The molecule has 0 radical (unpaired) electrons. The molecule has 3 spiro atoms.